The number of hydrogen-bond donors (Lipinski definition) is 1. The average Bonchev–Trinajstić information content (AvgIpc) is 3.33. The third-order valence-corrected chi connectivity index (χ3v) is 5.42. The number of benzene rings is 1. The maximum Gasteiger partial charge on any atom is 0.368 e. The molecule has 2 N–H and O–H groups in total. The second kappa shape index (κ2) is 5.81. The largest absolute Gasteiger partial charge is 0.464 e. The molecule has 2 aliphatic rings. The lowest BCUT2D eigenvalue weighted by Gasteiger charge is -2.25. The quantitative estimate of drug-likeness (QED) is 0.644. The summed E-state index contributed by atoms with van der Waals surface area (Å²) in [5.74, 6) is -2.20. The Labute approximate surface area is 149 Å². The molecule has 4 atom stereocenters. The summed E-state index contributed by atoms with van der Waals surface area (Å²) in [6.07, 6.45) is 1.52. The smallest absolute Gasteiger partial charge is 0.368 e. The molecule has 0 radical (unpaired) electrons. The number of rotatable bonds is 3. The number of fused-ring (bicyclic) bond motifs is 1. The monoisotopic (exact) mass is 355 g/mol. The minimum atomic E-state index is -1.20. The molecule has 2 aliphatic heterocycles. The number of carbonyl (C=O) groups is 3. The molecule has 0 aliphatic carbocycles. The molecular formula is C19H19N2O5+. The van der Waals surface area contributed by atoms with Crippen LogP contribution in [-0.4, -0.2) is 30.4 Å². The summed E-state index contributed by atoms with van der Waals surface area (Å²) in [6, 6.07) is 11.8. The predicted octanol–water partition coefficient (Wildman–Crippen LogP) is 0.635. The van der Waals surface area contributed by atoms with Crippen molar-refractivity contribution in [1.82, 2.24) is 0 Å². The first kappa shape index (κ1) is 16.5. The van der Waals surface area contributed by atoms with Crippen molar-refractivity contribution in [2.24, 2.45) is 11.8 Å². The lowest BCUT2D eigenvalue weighted by molar-refractivity contribution is -0.732. The van der Waals surface area contributed by atoms with Crippen molar-refractivity contribution in [1.29, 1.82) is 0 Å². The van der Waals surface area contributed by atoms with E-state index in [1.807, 2.05) is 6.07 Å². The highest BCUT2D eigenvalue weighted by Gasteiger charge is 2.71. The van der Waals surface area contributed by atoms with Crippen LogP contribution in [0.25, 0.3) is 0 Å². The lowest BCUT2D eigenvalue weighted by atomic mass is 9.81. The number of methoxy groups -OCH3 is 1. The molecule has 1 aromatic heterocycles. The number of nitrogens with zero attached hydrogens (tertiary/aromatic N) is 1. The van der Waals surface area contributed by atoms with E-state index in [9.17, 15) is 14.4 Å². The van der Waals surface area contributed by atoms with Gasteiger partial charge in [0.15, 0.2) is 11.8 Å². The van der Waals surface area contributed by atoms with E-state index in [1.54, 1.807) is 48.6 Å². The maximum absolute atomic E-state index is 13.2. The summed E-state index contributed by atoms with van der Waals surface area (Å²) < 4.78 is 10.4. The summed E-state index contributed by atoms with van der Waals surface area (Å²) in [7, 11) is 1.28. The molecule has 2 fully saturated rings. The molecular weight excluding hydrogens is 336 g/mol. The van der Waals surface area contributed by atoms with E-state index in [2.05, 4.69) is 0 Å². The number of anilines is 1. The van der Waals surface area contributed by atoms with Gasteiger partial charge in [-0.05, 0) is 24.3 Å². The van der Waals surface area contributed by atoms with Crippen LogP contribution in [0.4, 0.5) is 5.69 Å². The summed E-state index contributed by atoms with van der Waals surface area (Å²) in [6.45, 7) is 1.65. The van der Waals surface area contributed by atoms with Gasteiger partial charge in [0.1, 0.15) is 11.8 Å². The van der Waals surface area contributed by atoms with Crippen LogP contribution >= 0.6 is 0 Å². The van der Waals surface area contributed by atoms with Crippen LogP contribution < -0.4 is 10.2 Å². The van der Waals surface area contributed by atoms with Gasteiger partial charge in [-0.1, -0.05) is 18.2 Å². The molecule has 134 valence electrons. The average molecular weight is 355 g/mol. The van der Waals surface area contributed by atoms with E-state index in [1.165, 1.54) is 18.3 Å². The fourth-order valence-corrected chi connectivity index (χ4v) is 4.25. The third-order valence-electron chi connectivity index (χ3n) is 5.42. The number of ether oxygens (including phenoxy) is 1. The van der Waals surface area contributed by atoms with Crippen LogP contribution in [0.1, 0.15) is 18.7 Å². The minimum absolute atomic E-state index is 0.323. The number of imide groups is 1. The van der Waals surface area contributed by atoms with Crippen molar-refractivity contribution in [2.75, 3.05) is 12.0 Å². The van der Waals surface area contributed by atoms with E-state index in [0.29, 0.717) is 11.4 Å². The standard InChI is InChI=1S/C19H18N2O5/c1-19(18(24)25-2)14-13(15(20-19)12-9-6-10-26-12)16(22)21(17(14)23)11-7-4-3-5-8-11/h3-10,13-15,20H,1-2H3/p+1/t13-,14-,15-,19+/m0/s1. The van der Waals surface area contributed by atoms with Crippen LogP contribution in [0.3, 0.4) is 0 Å². The Kier molecular flexibility index (Phi) is 3.69. The summed E-state index contributed by atoms with van der Waals surface area (Å²) in [5, 5.41) is 1.73. The molecule has 4 rings (SSSR count). The van der Waals surface area contributed by atoms with Crippen LogP contribution in [0.5, 0.6) is 0 Å². The summed E-state index contributed by atoms with van der Waals surface area (Å²) >= 11 is 0. The first-order valence-electron chi connectivity index (χ1n) is 8.39. The van der Waals surface area contributed by atoms with Crippen molar-refractivity contribution in [2.45, 2.75) is 18.5 Å². The number of quaternary nitrogens is 1. The lowest BCUT2D eigenvalue weighted by Crippen LogP contribution is -2.97. The number of esters is 1. The Balaban J connectivity index is 1.83. The van der Waals surface area contributed by atoms with Crippen LogP contribution in [0.2, 0.25) is 0 Å². The molecule has 0 bridgehead atoms. The zero-order valence-corrected chi connectivity index (χ0v) is 14.4. The van der Waals surface area contributed by atoms with Gasteiger partial charge in [-0.3, -0.25) is 9.59 Å². The van der Waals surface area contributed by atoms with Crippen molar-refractivity contribution < 1.29 is 28.9 Å². The van der Waals surface area contributed by atoms with Crippen LogP contribution in [0.15, 0.2) is 53.1 Å². The fraction of sp³-hybridized carbons (Fsp3) is 0.316. The normalized spacial score (nSPS) is 30.5. The number of hydrogen-bond acceptors (Lipinski definition) is 5. The van der Waals surface area contributed by atoms with Crippen molar-refractivity contribution >= 4 is 23.5 Å². The van der Waals surface area contributed by atoms with Crippen molar-refractivity contribution in [3.8, 4) is 0 Å². The topological polar surface area (TPSA) is 93.4 Å². The molecule has 0 spiro atoms. The molecule has 7 nitrogen and oxygen atoms in total. The Morgan fingerprint density at radius 3 is 2.50 bits per heavy atom. The number of nitrogens with two attached hydrogens (primary N) is 1. The van der Waals surface area contributed by atoms with E-state index in [-0.39, 0.29) is 11.8 Å². The molecule has 2 aromatic rings. The Morgan fingerprint density at radius 2 is 1.88 bits per heavy atom. The number of furan rings is 1. The third kappa shape index (κ3) is 2.13. The molecule has 0 saturated carbocycles. The van der Waals surface area contributed by atoms with Gasteiger partial charge in [-0.2, -0.15) is 0 Å². The first-order chi connectivity index (χ1) is 12.5. The van der Waals surface area contributed by atoms with E-state index in [4.69, 9.17) is 9.15 Å². The predicted molar refractivity (Wildman–Crippen MR) is 89.7 cm³/mol. The van der Waals surface area contributed by atoms with Gasteiger partial charge < -0.3 is 14.5 Å². The van der Waals surface area contributed by atoms with E-state index < -0.39 is 29.4 Å². The highest BCUT2D eigenvalue weighted by Crippen LogP contribution is 2.45. The van der Waals surface area contributed by atoms with Crippen LogP contribution in [0, 0.1) is 11.8 Å². The zero-order valence-electron chi connectivity index (χ0n) is 14.4. The van der Waals surface area contributed by atoms with E-state index >= 15 is 0 Å². The van der Waals surface area contributed by atoms with E-state index in [0.717, 1.165) is 0 Å². The van der Waals surface area contributed by atoms with Crippen LogP contribution in [-0.2, 0) is 19.1 Å². The SMILES string of the molecule is COC(=O)[C@]1(C)[NH2+][C@@H](c2ccco2)[C@H]2C(=O)N(c3ccccc3)C(=O)[C@H]21. The molecule has 2 saturated heterocycles. The van der Waals surface area contributed by atoms with Gasteiger partial charge in [-0.15, -0.1) is 0 Å². The molecule has 26 heavy (non-hydrogen) atoms. The Hall–Kier alpha value is -2.93. The van der Waals surface area contributed by atoms with Gasteiger partial charge in [0, 0.05) is 6.92 Å². The number of carbonyl (C=O) groups excluding carboxylic acids is 3. The Morgan fingerprint density at radius 1 is 1.15 bits per heavy atom. The number of para-hydroxylation sites is 1. The molecule has 3 heterocycles. The van der Waals surface area contributed by atoms with Crippen molar-refractivity contribution in [3.63, 3.8) is 0 Å². The molecule has 7 heteroatoms. The van der Waals surface area contributed by atoms with Gasteiger partial charge in [0.05, 0.1) is 19.1 Å². The summed E-state index contributed by atoms with van der Waals surface area (Å²) in [5.41, 5.74) is -0.699. The highest BCUT2D eigenvalue weighted by molar-refractivity contribution is 6.23. The van der Waals surface area contributed by atoms with Gasteiger partial charge >= 0.3 is 5.97 Å². The minimum Gasteiger partial charge on any atom is -0.464 e. The zero-order chi connectivity index (χ0) is 18.5. The van der Waals surface area contributed by atoms with Gasteiger partial charge in [0.2, 0.25) is 17.4 Å². The Bertz CT molecular complexity index is 863. The second-order valence-electron chi connectivity index (χ2n) is 6.83. The maximum atomic E-state index is 13.2. The van der Waals surface area contributed by atoms with Crippen molar-refractivity contribution in [3.05, 3.63) is 54.5 Å². The summed E-state index contributed by atoms with van der Waals surface area (Å²) in [4.78, 5) is 40.1. The second-order valence-corrected chi connectivity index (χ2v) is 6.83. The highest BCUT2D eigenvalue weighted by atomic mass is 16.5. The molecule has 0 unspecified atom stereocenters. The van der Waals surface area contributed by atoms with Gasteiger partial charge in [0.25, 0.3) is 0 Å². The number of amides is 2. The van der Waals surface area contributed by atoms with Gasteiger partial charge in [-0.25, -0.2) is 9.69 Å². The molecule has 1 aromatic carbocycles. The molecule has 2 amide bonds. The first-order valence-corrected chi connectivity index (χ1v) is 8.39. The fourth-order valence-electron chi connectivity index (χ4n) is 4.25.